The zero-order chi connectivity index (χ0) is 17.4. The predicted octanol–water partition coefficient (Wildman–Crippen LogP) is 4.97. The van der Waals surface area contributed by atoms with Gasteiger partial charge in [-0.1, -0.05) is 43.5 Å². The summed E-state index contributed by atoms with van der Waals surface area (Å²) >= 11 is 6.16. The summed E-state index contributed by atoms with van der Waals surface area (Å²) in [6, 6.07) is 6.46. The van der Waals surface area contributed by atoms with Crippen LogP contribution >= 0.6 is 11.6 Å². The van der Waals surface area contributed by atoms with Crippen LogP contribution in [-0.2, 0) is 6.42 Å². The van der Waals surface area contributed by atoms with Crippen molar-refractivity contribution >= 4 is 17.4 Å². The fourth-order valence-corrected chi connectivity index (χ4v) is 2.68. The number of rotatable bonds is 9. The van der Waals surface area contributed by atoms with Crippen molar-refractivity contribution in [2.45, 2.75) is 46.5 Å². The number of hydrogen-bond acceptors (Lipinski definition) is 4. The lowest BCUT2D eigenvalue weighted by molar-refractivity contribution is 0.330. The van der Waals surface area contributed by atoms with Crippen LogP contribution in [0.4, 0.5) is 5.82 Å². The molecule has 2 aromatic rings. The minimum absolute atomic E-state index is 0.551. The van der Waals surface area contributed by atoms with Gasteiger partial charge in [0.15, 0.2) is 0 Å². The van der Waals surface area contributed by atoms with Crippen molar-refractivity contribution in [3.8, 4) is 5.75 Å². The van der Waals surface area contributed by atoms with Crippen molar-refractivity contribution < 1.29 is 4.74 Å². The average molecular weight is 348 g/mol. The highest BCUT2D eigenvalue weighted by Gasteiger charge is 2.05. The van der Waals surface area contributed by atoms with Crippen molar-refractivity contribution in [3.05, 3.63) is 46.4 Å². The summed E-state index contributed by atoms with van der Waals surface area (Å²) in [4.78, 5) is 8.19. The Hall–Kier alpha value is -1.81. The monoisotopic (exact) mass is 347 g/mol. The average Bonchev–Trinajstić information content (AvgIpc) is 2.57. The van der Waals surface area contributed by atoms with E-state index in [-0.39, 0.29) is 0 Å². The van der Waals surface area contributed by atoms with E-state index in [9.17, 15) is 0 Å². The summed E-state index contributed by atoms with van der Waals surface area (Å²) in [6.07, 6.45) is 6.43. The minimum atomic E-state index is 0.551. The summed E-state index contributed by atoms with van der Waals surface area (Å²) in [6.45, 7) is 7.36. The first-order valence-corrected chi connectivity index (χ1v) is 8.93. The van der Waals surface area contributed by atoms with Gasteiger partial charge in [0.05, 0.1) is 12.2 Å². The lowest BCUT2D eigenvalue weighted by atomic mass is 10.0. The number of aryl methyl sites for hydroxylation is 3. The van der Waals surface area contributed by atoms with E-state index in [1.165, 1.54) is 36.7 Å². The van der Waals surface area contributed by atoms with E-state index in [4.69, 9.17) is 16.3 Å². The number of hydrogen-bond donors (Lipinski definition) is 1. The largest absolute Gasteiger partial charge is 0.491 e. The molecule has 0 bridgehead atoms. The zero-order valence-corrected chi connectivity index (χ0v) is 15.5. The number of aromatic nitrogens is 2. The first-order valence-electron chi connectivity index (χ1n) is 8.55. The van der Waals surface area contributed by atoms with E-state index in [1.807, 2.05) is 6.92 Å². The standard InChI is InChI=1S/C19H26ClN3O/c1-4-5-6-7-16-8-9-17(14(2)12-16)24-11-10-21-19-18(20)15(3)22-13-23-19/h8-9,12-13H,4-7,10-11H2,1-3H3,(H,21,22,23). The minimum Gasteiger partial charge on any atom is -0.491 e. The molecule has 1 heterocycles. The highest BCUT2D eigenvalue weighted by molar-refractivity contribution is 6.33. The summed E-state index contributed by atoms with van der Waals surface area (Å²) in [5.41, 5.74) is 3.33. The number of benzene rings is 1. The normalized spacial score (nSPS) is 10.7. The second-order valence-corrected chi connectivity index (χ2v) is 6.33. The Morgan fingerprint density at radius 2 is 2.00 bits per heavy atom. The third-order valence-electron chi connectivity index (χ3n) is 3.92. The van der Waals surface area contributed by atoms with E-state index < -0.39 is 0 Å². The molecule has 0 atom stereocenters. The maximum absolute atomic E-state index is 6.16. The molecular formula is C19H26ClN3O. The van der Waals surface area contributed by atoms with E-state index in [2.05, 4.69) is 47.3 Å². The molecular weight excluding hydrogens is 322 g/mol. The van der Waals surface area contributed by atoms with Crippen molar-refractivity contribution in [3.63, 3.8) is 0 Å². The van der Waals surface area contributed by atoms with E-state index in [0.717, 1.165) is 17.9 Å². The molecule has 1 N–H and O–H groups in total. The molecule has 0 radical (unpaired) electrons. The van der Waals surface area contributed by atoms with Crippen LogP contribution < -0.4 is 10.1 Å². The summed E-state index contributed by atoms with van der Waals surface area (Å²) in [7, 11) is 0. The maximum atomic E-state index is 6.16. The maximum Gasteiger partial charge on any atom is 0.148 e. The third kappa shape index (κ3) is 5.38. The Kier molecular flexibility index (Phi) is 7.32. The van der Waals surface area contributed by atoms with Crippen LogP contribution in [0, 0.1) is 13.8 Å². The van der Waals surface area contributed by atoms with E-state index in [0.29, 0.717) is 24.0 Å². The van der Waals surface area contributed by atoms with Crippen LogP contribution in [0.2, 0.25) is 5.02 Å². The van der Waals surface area contributed by atoms with Crippen molar-refractivity contribution in [1.29, 1.82) is 0 Å². The van der Waals surface area contributed by atoms with Crippen LogP contribution in [0.5, 0.6) is 5.75 Å². The molecule has 0 amide bonds. The van der Waals surface area contributed by atoms with Gasteiger partial charge in [0, 0.05) is 0 Å². The molecule has 0 saturated carbocycles. The highest BCUT2D eigenvalue weighted by Crippen LogP contribution is 2.22. The van der Waals surface area contributed by atoms with Crippen LogP contribution in [-0.4, -0.2) is 23.1 Å². The number of unbranched alkanes of at least 4 members (excludes halogenated alkanes) is 2. The van der Waals surface area contributed by atoms with Gasteiger partial charge in [-0.05, 0) is 43.9 Å². The van der Waals surface area contributed by atoms with Gasteiger partial charge >= 0.3 is 0 Å². The molecule has 0 unspecified atom stereocenters. The number of halogens is 1. The fraction of sp³-hybridized carbons (Fsp3) is 0.474. The second kappa shape index (κ2) is 9.48. The molecule has 1 aromatic carbocycles. The van der Waals surface area contributed by atoms with Gasteiger partial charge in [0.1, 0.15) is 29.5 Å². The van der Waals surface area contributed by atoms with Gasteiger partial charge in [0.2, 0.25) is 0 Å². The SMILES string of the molecule is CCCCCc1ccc(OCCNc2ncnc(C)c2Cl)c(C)c1. The van der Waals surface area contributed by atoms with Crippen molar-refractivity contribution in [2.75, 3.05) is 18.5 Å². The molecule has 2 rings (SSSR count). The van der Waals surface area contributed by atoms with Gasteiger partial charge in [0.25, 0.3) is 0 Å². The number of nitrogens with zero attached hydrogens (tertiary/aromatic N) is 2. The van der Waals surface area contributed by atoms with Crippen LogP contribution in [0.3, 0.4) is 0 Å². The van der Waals surface area contributed by atoms with Crippen molar-refractivity contribution in [1.82, 2.24) is 9.97 Å². The van der Waals surface area contributed by atoms with Crippen LogP contribution in [0.1, 0.15) is 43.0 Å². The molecule has 1 aromatic heterocycles. The fourth-order valence-electron chi connectivity index (χ4n) is 2.52. The smallest absolute Gasteiger partial charge is 0.148 e. The molecule has 130 valence electrons. The van der Waals surface area contributed by atoms with Gasteiger partial charge in [-0.15, -0.1) is 0 Å². The predicted molar refractivity (Wildman–Crippen MR) is 100 cm³/mol. The molecule has 0 aliphatic rings. The molecule has 24 heavy (non-hydrogen) atoms. The first kappa shape index (κ1) is 18.5. The highest BCUT2D eigenvalue weighted by atomic mass is 35.5. The molecule has 0 aliphatic carbocycles. The number of nitrogens with one attached hydrogen (secondary N) is 1. The molecule has 0 aliphatic heterocycles. The Labute approximate surface area is 149 Å². The third-order valence-corrected chi connectivity index (χ3v) is 4.38. The lowest BCUT2D eigenvalue weighted by Gasteiger charge is -2.12. The zero-order valence-electron chi connectivity index (χ0n) is 14.7. The lowest BCUT2D eigenvalue weighted by Crippen LogP contribution is -2.13. The summed E-state index contributed by atoms with van der Waals surface area (Å²) in [5.74, 6) is 1.58. The Morgan fingerprint density at radius 1 is 1.17 bits per heavy atom. The molecule has 0 fully saturated rings. The van der Waals surface area contributed by atoms with Gasteiger partial charge in [-0.2, -0.15) is 0 Å². The number of ether oxygens (including phenoxy) is 1. The topological polar surface area (TPSA) is 47.0 Å². The Morgan fingerprint density at radius 3 is 2.75 bits per heavy atom. The van der Waals surface area contributed by atoms with Gasteiger partial charge in [-0.25, -0.2) is 9.97 Å². The van der Waals surface area contributed by atoms with Gasteiger partial charge < -0.3 is 10.1 Å². The Balaban J connectivity index is 1.80. The van der Waals surface area contributed by atoms with Crippen LogP contribution in [0.15, 0.2) is 24.5 Å². The molecule has 4 nitrogen and oxygen atoms in total. The van der Waals surface area contributed by atoms with E-state index in [1.54, 1.807) is 0 Å². The van der Waals surface area contributed by atoms with Crippen LogP contribution in [0.25, 0.3) is 0 Å². The van der Waals surface area contributed by atoms with E-state index >= 15 is 0 Å². The molecule has 0 saturated heterocycles. The second-order valence-electron chi connectivity index (χ2n) is 5.95. The van der Waals surface area contributed by atoms with Crippen molar-refractivity contribution in [2.24, 2.45) is 0 Å². The first-order chi connectivity index (χ1) is 11.6. The summed E-state index contributed by atoms with van der Waals surface area (Å²) < 4.78 is 5.86. The van der Waals surface area contributed by atoms with Gasteiger partial charge in [-0.3, -0.25) is 0 Å². The quantitative estimate of drug-likeness (QED) is 0.650. The Bertz CT molecular complexity index is 661. The molecule has 0 spiro atoms. The number of anilines is 1. The molecule has 5 heteroatoms. The summed E-state index contributed by atoms with van der Waals surface area (Å²) in [5, 5.41) is 3.74.